The van der Waals surface area contributed by atoms with Gasteiger partial charge in [-0.05, 0) is 63.4 Å². The van der Waals surface area contributed by atoms with E-state index in [4.69, 9.17) is 9.47 Å². The second-order valence-corrected chi connectivity index (χ2v) is 5.43. The van der Waals surface area contributed by atoms with Crippen LogP contribution < -0.4 is 5.32 Å². The first-order chi connectivity index (χ1) is 8.67. The van der Waals surface area contributed by atoms with E-state index in [2.05, 4.69) is 49.3 Å². The first kappa shape index (κ1) is 16.1. The molecule has 0 aliphatic carbocycles. The minimum absolute atomic E-state index is 0.168. The van der Waals surface area contributed by atoms with E-state index >= 15 is 0 Å². The molecule has 1 aromatic carbocycles. The Morgan fingerprint density at radius 1 is 1.11 bits per heavy atom. The summed E-state index contributed by atoms with van der Waals surface area (Å²) in [5.74, 6) is 0. The van der Waals surface area contributed by atoms with E-state index in [0.29, 0.717) is 19.8 Å². The molecule has 1 N–H and O–H groups in total. The van der Waals surface area contributed by atoms with Crippen LogP contribution >= 0.6 is 31.9 Å². The molecule has 0 saturated heterocycles. The Hall–Kier alpha value is 0.0600. The molecule has 0 fully saturated rings. The summed E-state index contributed by atoms with van der Waals surface area (Å²) >= 11 is 6.95. The van der Waals surface area contributed by atoms with E-state index < -0.39 is 0 Å². The Bertz CT molecular complexity index is 355. The van der Waals surface area contributed by atoms with Crippen molar-refractivity contribution in [1.82, 2.24) is 5.32 Å². The van der Waals surface area contributed by atoms with Crippen LogP contribution in [0.3, 0.4) is 0 Å². The number of hydrogen-bond donors (Lipinski definition) is 1. The van der Waals surface area contributed by atoms with Crippen LogP contribution in [0.15, 0.2) is 27.1 Å². The molecule has 0 unspecified atom stereocenters. The molecule has 0 atom stereocenters. The maximum atomic E-state index is 5.46. The Morgan fingerprint density at radius 2 is 1.78 bits per heavy atom. The van der Waals surface area contributed by atoms with Crippen LogP contribution in [0.2, 0.25) is 0 Å². The average molecular weight is 381 g/mol. The van der Waals surface area contributed by atoms with Crippen molar-refractivity contribution in [2.75, 3.05) is 19.8 Å². The Kier molecular flexibility index (Phi) is 8.10. The van der Waals surface area contributed by atoms with Gasteiger partial charge in [0.05, 0.1) is 0 Å². The van der Waals surface area contributed by atoms with Gasteiger partial charge in [0, 0.05) is 35.2 Å². The first-order valence-electron chi connectivity index (χ1n) is 6.05. The van der Waals surface area contributed by atoms with Gasteiger partial charge in [0.1, 0.15) is 0 Å². The van der Waals surface area contributed by atoms with Crippen molar-refractivity contribution < 1.29 is 9.47 Å². The van der Waals surface area contributed by atoms with Crippen LogP contribution in [-0.2, 0) is 16.0 Å². The third-order valence-electron chi connectivity index (χ3n) is 2.33. The summed E-state index contributed by atoms with van der Waals surface area (Å²) in [6.45, 7) is 6.75. The molecular weight excluding hydrogens is 362 g/mol. The molecule has 3 nitrogen and oxygen atoms in total. The molecule has 0 spiro atoms. The van der Waals surface area contributed by atoms with Gasteiger partial charge < -0.3 is 14.8 Å². The molecule has 0 aliphatic heterocycles. The van der Waals surface area contributed by atoms with Crippen LogP contribution in [-0.4, -0.2) is 26.0 Å². The number of hydrogen-bond acceptors (Lipinski definition) is 3. The van der Waals surface area contributed by atoms with Crippen LogP contribution in [0.4, 0.5) is 0 Å². The van der Waals surface area contributed by atoms with Crippen molar-refractivity contribution in [1.29, 1.82) is 0 Å². The summed E-state index contributed by atoms with van der Waals surface area (Å²) < 4.78 is 13.0. The smallest absolute Gasteiger partial charge is 0.169 e. The van der Waals surface area contributed by atoms with Gasteiger partial charge in [-0.2, -0.15) is 0 Å². The Morgan fingerprint density at radius 3 is 2.33 bits per heavy atom. The maximum absolute atomic E-state index is 5.46. The van der Waals surface area contributed by atoms with Gasteiger partial charge in [0.15, 0.2) is 6.29 Å². The lowest BCUT2D eigenvalue weighted by molar-refractivity contribution is -0.133. The van der Waals surface area contributed by atoms with E-state index in [1.807, 2.05) is 19.9 Å². The van der Waals surface area contributed by atoms with E-state index in [9.17, 15) is 0 Å². The van der Waals surface area contributed by atoms with E-state index in [0.717, 1.165) is 15.5 Å². The fourth-order valence-electron chi connectivity index (χ4n) is 1.52. The van der Waals surface area contributed by atoms with Gasteiger partial charge in [0.2, 0.25) is 0 Å². The highest BCUT2D eigenvalue weighted by Crippen LogP contribution is 2.23. The maximum Gasteiger partial charge on any atom is 0.169 e. The lowest BCUT2D eigenvalue weighted by Gasteiger charge is -2.17. The zero-order valence-corrected chi connectivity index (χ0v) is 13.9. The fraction of sp³-hybridized carbons (Fsp3) is 0.538. The molecule has 5 heteroatoms. The molecule has 1 rings (SSSR count). The molecule has 0 saturated carbocycles. The summed E-state index contributed by atoms with van der Waals surface area (Å²) in [5, 5.41) is 3.33. The van der Waals surface area contributed by atoms with Gasteiger partial charge in [0.25, 0.3) is 0 Å². The van der Waals surface area contributed by atoms with Crippen LogP contribution in [0, 0.1) is 0 Å². The van der Waals surface area contributed by atoms with Gasteiger partial charge in [-0.1, -0.05) is 6.07 Å². The number of ether oxygens (including phenoxy) is 2. The Balaban J connectivity index is 2.37. The lowest BCUT2D eigenvalue weighted by atomic mass is 10.2. The van der Waals surface area contributed by atoms with Crippen molar-refractivity contribution >= 4 is 31.9 Å². The normalized spacial score (nSPS) is 11.2. The average Bonchev–Trinajstić information content (AvgIpc) is 2.34. The number of benzene rings is 1. The summed E-state index contributed by atoms with van der Waals surface area (Å²) in [6.07, 6.45) is -0.168. The molecule has 0 heterocycles. The molecule has 18 heavy (non-hydrogen) atoms. The molecule has 0 radical (unpaired) electrons. The molecular formula is C13H19Br2NO2. The highest BCUT2D eigenvalue weighted by molar-refractivity contribution is 9.13. The monoisotopic (exact) mass is 379 g/mol. The lowest BCUT2D eigenvalue weighted by Crippen LogP contribution is -2.31. The molecule has 1 aromatic rings. The van der Waals surface area contributed by atoms with Crippen LogP contribution in [0.5, 0.6) is 0 Å². The Labute approximate surface area is 125 Å². The van der Waals surface area contributed by atoms with Crippen LogP contribution in [0.25, 0.3) is 0 Å². The van der Waals surface area contributed by atoms with Crippen molar-refractivity contribution in [3.8, 4) is 0 Å². The molecule has 0 bridgehead atoms. The minimum Gasteiger partial charge on any atom is -0.352 e. The standard InChI is InChI=1S/C13H19Br2NO2/c1-3-17-13(18-4-2)9-16-8-10-5-6-11(14)12(15)7-10/h5-7,13,16H,3-4,8-9H2,1-2H3. The van der Waals surface area contributed by atoms with Crippen molar-refractivity contribution in [3.63, 3.8) is 0 Å². The predicted molar refractivity (Wildman–Crippen MR) is 80.6 cm³/mol. The summed E-state index contributed by atoms with van der Waals surface area (Å²) in [7, 11) is 0. The number of rotatable bonds is 8. The summed E-state index contributed by atoms with van der Waals surface area (Å²) in [6, 6.07) is 6.20. The quantitative estimate of drug-likeness (QED) is 0.697. The van der Waals surface area contributed by atoms with E-state index in [1.165, 1.54) is 5.56 Å². The van der Waals surface area contributed by atoms with Crippen molar-refractivity contribution in [3.05, 3.63) is 32.7 Å². The largest absolute Gasteiger partial charge is 0.352 e. The van der Waals surface area contributed by atoms with Gasteiger partial charge in [-0.25, -0.2) is 0 Å². The summed E-state index contributed by atoms with van der Waals surface area (Å²) in [5.41, 5.74) is 1.22. The second-order valence-electron chi connectivity index (χ2n) is 3.72. The predicted octanol–water partition coefficient (Wildman–Crippen LogP) is 3.70. The second kappa shape index (κ2) is 9.04. The van der Waals surface area contributed by atoms with Crippen molar-refractivity contribution in [2.45, 2.75) is 26.7 Å². The highest BCUT2D eigenvalue weighted by Gasteiger charge is 2.07. The van der Waals surface area contributed by atoms with Gasteiger partial charge >= 0.3 is 0 Å². The zero-order valence-electron chi connectivity index (χ0n) is 10.7. The van der Waals surface area contributed by atoms with E-state index in [1.54, 1.807) is 0 Å². The third-order valence-corrected chi connectivity index (χ3v) is 4.21. The SMILES string of the molecule is CCOC(CNCc1ccc(Br)c(Br)c1)OCC. The third kappa shape index (κ3) is 5.80. The van der Waals surface area contributed by atoms with Crippen molar-refractivity contribution in [2.24, 2.45) is 0 Å². The summed E-state index contributed by atoms with van der Waals surface area (Å²) in [4.78, 5) is 0. The molecule has 0 aromatic heterocycles. The highest BCUT2D eigenvalue weighted by atomic mass is 79.9. The van der Waals surface area contributed by atoms with Gasteiger partial charge in [-0.15, -0.1) is 0 Å². The number of halogens is 2. The van der Waals surface area contributed by atoms with E-state index in [-0.39, 0.29) is 6.29 Å². The first-order valence-corrected chi connectivity index (χ1v) is 7.63. The zero-order chi connectivity index (χ0) is 13.4. The minimum atomic E-state index is -0.168. The molecule has 0 aliphatic rings. The van der Waals surface area contributed by atoms with Gasteiger partial charge in [-0.3, -0.25) is 0 Å². The van der Waals surface area contributed by atoms with Crippen LogP contribution in [0.1, 0.15) is 19.4 Å². The number of nitrogens with one attached hydrogen (secondary N) is 1. The molecule has 102 valence electrons. The fourth-order valence-corrected chi connectivity index (χ4v) is 2.19. The topological polar surface area (TPSA) is 30.5 Å². The molecule has 0 amide bonds.